The van der Waals surface area contributed by atoms with Crippen molar-refractivity contribution in [3.05, 3.63) is 35.4 Å². The van der Waals surface area contributed by atoms with Crippen molar-refractivity contribution in [3.8, 4) is 0 Å². The predicted octanol–water partition coefficient (Wildman–Crippen LogP) is 3.50. The molecule has 2 atom stereocenters. The van der Waals surface area contributed by atoms with Crippen LogP contribution >= 0.6 is 11.8 Å². The fourth-order valence-corrected chi connectivity index (χ4v) is 3.42. The molecule has 4 rings (SSSR count). The fraction of sp³-hybridized carbons (Fsp3) is 0.375. The molecule has 1 saturated carbocycles. The average molecular weight is 362 g/mol. The summed E-state index contributed by atoms with van der Waals surface area (Å²) in [4.78, 5) is 8.91. The number of fused-ring (bicyclic) bond motifs is 1. The van der Waals surface area contributed by atoms with E-state index >= 15 is 0 Å². The molecule has 2 aromatic heterocycles. The third kappa shape index (κ3) is 3.28. The first kappa shape index (κ1) is 16.2. The summed E-state index contributed by atoms with van der Waals surface area (Å²) in [5.74, 6) is 0.0177. The summed E-state index contributed by atoms with van der Waals surface area (Å²) in [6, 6.07) is 4.15. The zero-order valence-electron chi connectivity index (χ0n) is 13.5. The van der Waals surface area contributed by atoms with Gasteiger partial charge >= 0.3 is 0 Å². The van der Waals surface area contributed by atoms with Crippen molar-refractivity contribution in [1.29, 1.82) is 0 Å². The topological polar surface area (TPSA) is 79.4 Å². The first-order valence-corrected chi connectivity index (χ1v) is 9.07. The number of rotatable bonds is 6. The van der Waals surface area contributed by atoms with E-state index in [9.17, 15) is 8.78 Å². The molecule has 0 bridgehead atoms. The van der Waals surface area contributed by atoms with Crippen molar-refractivity contribution in [3.63, 3.8) is 0 Å². The van der Waals surface area contributed by atoms with Crippen molar-refractivity contribution < 1.29 is 8.78 Å². The Morgan fingerprint density at radius 3 is 2.92 bits per heavy atom. The molecular weight excluding hydrogens is 346 g/mol. The Morgan fingerprint density at radius 1 is 1.24 bits per heavy atom. The molecule has 0 saturated heterocycles. The number of nitrogens with zero attached hydrogens (tertiary/aromatic N) is 4. The van der Waals surface area contributed by atoms with Crippen LogP contribution in [0.4, 0.5) is 14.6 Å². The van der Waals surface area contributed by atoms with Gasteiger partial charge in [0.1, 0.15) is 0 Å². The minimum absolute atomic E-state index is 0.101. The molecule has 2 heterocycles. The van der Waals surface area contributed by atoms with Gasteiger partial charge in [-0.3, -0.25) is 0 Å². The lowest BCUT2D eigenvalue weighted by atomic mass is 10.1. The SMILES string of the molecule is CCCSc1nc(N[C@@H]2C[C@@H]2c2ccc(F)c(F)c2)c2n[nH]nc2n1. The number of hydrogen-bond acceptors (Lipinski definition) is 6. The molecule has 1 aliphatic rings. The molecule has 25 heavy (non-hydrogen) atoms. The molecule has 2 N–H and O–H groups in total. The second kappa shape index (κ2) is 6.55. The first-order chi connectivity index (χ1) is 12.2. The zero-order chi connectivity index (χ0) is 17.4. The Bertz CT molecular complexity index is 915. The summed E-state index contributed by atoms with van der Waals surface area (Å²) in [5.41, 5.74) is 1.88. The summed E-state index contributed by atoms with van der Waals surface area (Å²) in [7, 11) is 0. The number of thioether (sulfide) groups is 1. The summed E-state index contributed by atoms with van der Waals surface area (Å²) in [5, 5.41) is 14.7. The number of benzene rings is 1. The molecule has 0 amide bonds. The Kier molecular flexibility index (Phi) is 4.24. The van der Waals surface area contributed by atoms with Crippen LogP contribution in [0.15, 0.2) is 23.4 Å². The smallest absolute Gasteiger partial charge is 0.207 e. The lowest BCUT2D eigenvalue weighted by Crippen LogP contribution is -2.08. The Morgan fingerprint density at radius 2 is 2.12 bits per heavy atom. The molecular formula is C16H16F2N6S. The molecule has 1 aliphatic carbocycles. The Hall–Kier alpha value is -2.29. The van der Waals surface area contributed by atoms with Crippen LogP contribution in [0.5, 0.6) is 0 Å². The van der Waals surface area contributed by atoms with Crippen LogP contribution in [0.2, 0.25) is 0 Å². The highest BCUT2D eigenvalue weighted by atomic mass is 32.2. The van der Waals surface area contributed by atoms with Gasteiger partial charge in [-0.15, -0.1) is 5.10 Å². The van der Waals surface area contributed by atoms with Crippen molar-refractivity contribution in [2.24, 2.45) is 0 Å². The summed E-state index contributed by atoms with van der Waals surface area (Å²) in [6.07, 6.45) is 1.85. The lowest BCUT2D eigenvalue weighted by molar-refractivity contribution is 0.507. The highest BCUT2D eigenvalue weighted by molar-refractivity contribution is 7.99. The van der Waals surface area contributed by atoms with E-state index in [1.807, 2.05) is 0 Å². The van der Waals surface area contributed by atoms with E-state index in [0.29, 0.717) is 22.1 Å². The Labute approximate surface area is 146 Å². The lowest BCUT2D eigenvalue weighted by Gasteiger charge is -2.07. The number of aromatic nitrogens is 5. The van der Waals surface area contributed by atoms with Gasteiger partial charge in [-0.25, -0.2) is 13.8 Å². The monoisotopic (exact) mass is 362 g/mol. The van der Waals surface area contributed by atoms with E-state index in [1.165, 1.54) is 12.1 Å². The third-order valence-corrected chi connectivity index (χ3v) is 5.14. The summed E-state index contributed by atoms with van der Waals surface area (Å²) < 4.78 is 26.5. The van der Waals surface area contributed by atoms with Crippen LogP contribution in [0, 0.1) is 11.6 Å². The number of nitrogens with one attached hydrogen (secondary N) is 2. The fourth-order valence-electron chi connectivity index (χ4n) is 2.73. The summed E-state index contributed by atoms with van der Waals surface area (Å²) >= 11 is 1.57. The molecule has 0 spiro atoms. The highest BCUT2D eigenvalue weighted by Gasteiger charge is 2.39. The normalized spacial score (nSPS) is 19.3. The first-order valence-electron chi connectivity index (χ1n) is 8.08. The average Bonchev–Trinajstić information content (AvgIpc) is 3.19. The molecule has 0 radical (unpaired) electrons. The van der Waals surface area contributed by atoms with Crippen LogP contribution in [0.3, 0.4) is 0 Å². The second-order valence-electron chi connectivity index (χ2n) is 5.97. The molecule has 0 aliphatic heterocycles. The number of aromatic amines is 1. The van der Waals surface area contributed by atoms with E-state index in [-0.39, 0.29) is 12.0 Å². The van der Waals surface area contributed by atoms with Crippen molar-refractivity contribution in [2.75, 3.05) is 11.1 Å². The maximum Gasteiger partial charge on any atom is 0.207 e. The number of hydrogen-bond donors (Lipinski definition) is 2. The van der Waals surface area contributed by atoms with E-state index < -0.39 is 11.6 Å². The molecule has 1 fully saturated rings. The van der Waals surface area contributed by atoms with Gasteiger partial charge in [0.2, 0.25) is 5.65 Å². The van der Waals surface area contributed by atoms with Gasteiger partial charge < -0.3 is 5.32 Å². The van der Waals surface area contributed by atoms with Crippen molar-refractivity contribution >= 4 is 28.7 Å². The quantitative estimate of drug-likeness (QED) is 0.516. The standard InChI is InChI=1S/C16H16F2N6S/c1-2-5-25-16-20-14(13-15(21-16)23-24-22-13)19-12-7-9(12)8-3-4-10(17)11(18)6-8/h3-4,6,9,12H,2,5,7H2,1H3,(H2,19,20,21,22,23,24)/t9-,12-/m1/s1. The van der Waals surface area contributed by atoms with E-state index in [2.05, 4.69) is 37.6 Å². The molecule has 130 valence electrons. The number of halogens is 2. The van der Waals surface area contributed by atoms with Gasteiger partial charge in [-0.2, -0.15) is 15.3 Å². The molecule has 3 aromatic rings. The van der Waals surface area contributed by atoms with E-state index in [1.54, 1.807) is 17.8 Å². The molecule has 6 nitrogen and oxygen atoms in total. The van der Waals surface area contributed by atoms with Gasteiger partial charge in [0.05, 0.1) is 0 Å². The van der Waals surface area contributed by atoms with Crippen LogP contribution < -0.4 is 5.32 Å². The third-order valence-electron chi connectivity index (χ3n) is 4.08. The van der Waals surface area contributed by atoms with Crippen LogP contribution in [-0.4, -0.2) is 37.2 Å². The van der Waals surface area contributed by atoms with Crippen molar-refractivity contribution in [2.45, 2.75) is 36.9 Å². The molecule has 0 unspecified atom stereocenters. The minimum atomic E-state index is -0.827. The molecule has 1 aromatic carbocycles. The van der Waals surface area contributed by atoms with Gasteiger partial charge in [0.15, 0.2) is 28.1 Å². The molecule has 9 heteroatoms. The maximum atomic E-state index is 13.4. The van der Waals surface area contributed by atoms with Gasteiger partial charge in [-0.05, 0) is 30.5 Å². The van der Waals surface area contributed by atoms with E-state index in [4.69, 9.17) is 0 Å². The van der Waals surface area contributed by atoms with Crippen LogP contribution in [-0.2, 0) is 0 Å². The largest absolute Gasteiger partial charge is 0.365 e. The number of H-pyrrole nitrogens is 1. The van der Waals surface area contributed by atoms with Crippen LogP contribution in [0.1, 0.15) is 31.2 Å². The van der Waals surface area contributed by atoms with E-state index in [0.717, 1.165) is 24.2 Å². The zero-order valence-corrected chi connectivity index (χ0v) is 14.3. The number of anilines is 1. The van der Waals surface area contributed by atoms with Crippen LogP contribution in [0.25, 0.3) is 11.2 Å². The van der Waals surface area contributed by atoms with Crippen molar-refractivity contribution in [1.82, 2.24) is 25.4 Å². The highest BCUT2D eigenvalue weighted by Crippen LogP contribution is 2.43. The Balaban J connectivity index is 1.54. The van der Waals surface area contributed by atoms with Gasteiger partial charge in [0, 0.05) is 17.7 Å². The predicted molar refractivity (Wildman–Crippen MR) is 91.6 cm³/mol. The van der Waals surface area contributed by atoms with Gasteiger partial charge in [-0.1, -0.05) is 24.8 Å². The summed E-state index contributed by atoms with van der Waals surface area (Å²) in [6.45, 7) is 2.09. The van der Waals surface area contributed by atoms with Gasteiger partial charge in [0.25, 0.3) is 0 Å². The maximum absolute atomic E-state index is 13.4. The second-order valence-corrected chi connectivity index (χ2v) is 7.03. The minimum Gasteiger partial charge on any atom is -0.365 e.